The van der Waals surface area contributed by atoms with Gasteiger partial charge in [0.25, 0.3) is 0 Å². The second kappa shape index (κ2) is 6.31. The first-order valence-corrected chi connectivity index (χ1v) is 7.17. The topological polar surface area (TPSA) is 43.4 Å². The molecule has 1 unspecified atom stereocenters. The van der Waals surface area contributed by atoms with Gasteiger partial charge < -0.3 is 14.8 Å². The molecule has 1 saturated heterocycles. The van der Waals surface area contributed by atoms with E-state index in [-0.39, 0.29) is 12.3 Å². The summed E-state index contributed by atoms with van der Waals surface area (Å²) in [5, 5.41) is 5.94. The van der Waals surface area contributed by atoms with Crippen molar-refractivity contribution in [3.8, 4) is 0 Å². The molecule has 1 aliphatic rings. The van der Waals surface area contributed by atoms with Gasteiger partial charge in [-0.15, -0.1) is 0 Å². The maximum Gasteiger partial charge on any atom is 0.159 e. The van der Waals surface area contributed by atoms with E-state index >= 15 is 0 Å². The van der Waals surface area contributed by atoms with Crippen LogP contribution in [0.4, 0.5) is 0 Å². The number of benzene rings is 1. The molecule has 106 valence electrons. The third-order valence-corrected chi connectivity index (χ3v) is 3.66. The lowest BCUT2D eigenvalue weighted by Gasteiger charge is -2.22. The molecule has 0 saturated carbocycles. The van der Waals surface area contributed by atoms with E-state index in [1.165, 1.54) is 16.3 Å². The normalized spacial score (nSPS) is 17.6. The Kier molecular flexibility index (Phi) is 4.25. The zero-order valence-corrected chi connectivity index (χ0v) is 11.7. The lowest BCUT2D eigenvalue weighted by Crippen LogP contribution is -2.26. The van der Waals surface area contributed by atoms with Crippen LogP contribution >= 0.6 is 0 Å². The van der Waals surface area contributed by atoms with Crippen molar-refractivity contribution in [1.82, 2.24) is 10.3 Å². The van der Waals surface area contributed by atoms with Crippen molar-refractivity contribution < 1.29 is 9.47 Å². The Hall–Kier alpha value is -1.49. The van der Waals surface area contributed by atoms with Gasteiger partial charge >= 0.3 is 0 Å². The maximum absolute atomic E-state index is 5.59. The predicted molar refractivity (Wildman–Crippen MR) is 78.5 cm³/mol. The molecule has 0 radical (unpaired) electrons. The largest absolute Gasteiger partial charge is 0.350 e. The molecule has 20 heavy (non-hydrogen) atoms. The fourth-order valence-electron chi connectivity index (χ4n) is 2.74. The fraction of sp³-hybridized carbons (Fsp3) is 0.438. The Morgan fingerprint density at radius 3 is 2.95 bits per heavy atom. The molecule has 1 N–H and O–H groups in total. The van der Waals surface area contributed by atoms with Crippen LogP contribution in [-0.2, 0) is 9.47 Å². The standard InChI is InChI=1S/C16H20N2O2/c1-2-18-15(10-16-19-8-9-20-16)13-5-3-4-12-6-7-17-11-14(12)13/h3-7,11,15-16,18H,2,8-10H2,1H3. The SMILES string of the molecule is CCNC(CC1OCCO1)c1cccc2ccncc12. The average molecular weight is 272 g/mol. The zero-order chi connectivity index (χ0) is 13.8. The molecule has 1 aromatic heterocycles. The van der Waals surface area contributed by atoms with Crippen molar-refractivity contribution in [2.45, 2.75) is 25.7 Å². The molecular formula is C16H20N2O2. The third kappa shape index (κ3) is 2.82. The summed E-state index contributed by atoms with van der Waals surface area (Å²) in [5.74, 6) is 0. The number of ether oxygens (including phenoxy) is 2. The van der Waals surface area contributed by atoms with Crippen molar-refractivity contribution in [3.63, 3.8) is 0 Å². The molecule has 0 spiro atoms. The first-order valence-electron chi connectivity index (χ1n) is 7.17. The number of hydrogen-bond donors (Lipinski definition) is 1. The van der Waals surface area contributed by atoms with Gasteiger partial charge in [-0.3, -0.25) is 4.98 Å². The summed E-state index contributed by atoms with van der Waals surface area (Å²) in [6.07, 6.45) is 4.48. The third-order valence-electron chi connectivity index (χ3n) is 3.66. The van der Waals surface area contributed by atoms with Gasteiger partial charge in [-0.25, -0.2) is 0 Å². The molecule has 1 aromatic carbocycles. The zero-order valence-electron chi connectivity index (χ0n) is 11.7. The highest BCUT2D eigenvalue weighted by molar-refractivity contribution is 5.85. The molecule has 3 rings (SSSR count). The highest BCUT2D eigenvalue weighted by Crippen LogP contribution is 2.28. The van der Waals surface area contributed by atoms with E-state index in [1.807, 2.05) is 18.5 Å². The van der Waals surface area contributed by atoms with Gasteiger partial charge in [0.1, 0.15) is 0 Å². The number of nitrogens with zero attached hydrogens (tertiary/aromatic N) is 1. The quantitative estimate of drug-likeness (QED) is 0.908. The number of pyridine rings is 1. The highest BCUT2D eigenvalue weighted by atomic mass is 16.7. The van der Waals surface area contributed by atoms with Crippen molar-refractivity contribution >= 4 is 10.8 Å². The van der Waals surface area contributed by atoms with Crippen LogP contribution < -0.4 is 5.32 Å². The summed E-state index contributed by atoms with van der Waals surface area (Å²) < 4.78 is 11.2. The molecule has 0 amide bonds. The second-order valence-electron chi connectivity index (χ2n) is 4.96. The van der Waals surface area contributed by atoms with Crippen LogP contribution in [0.3, 0.4) is 0 Å². The smallest absolute Gasteiger partial charge is 0.159 e. The average Bonchev–Trinajstić information content (AvgIpc) is 2.99. The van der Waals surface area contributed by atoms with Crippen LogP contribution in [0, 0.1) is 0 Å². The lowest BCUT2D eigenvalue weighted by atomic mass is 9.98. The Balaban J connectivity index is 1.91. The van der Waals surface area contributed by atoms with E-state index in [2.05, 4.69) is 35.4 Å². The van der Waals surface area contributed by atoms with Crippen LogP contribution in [-0.4, -0.2) is 31.0 Å². The van der Waals surface area contributed by atoms with E-state index < -0.39 is 0 Å². The van der Waals surface area contributed by atoms with Gasteiger partial charge in [0, 0.05) is 30.2 Å². The van der Waals surface area contributed by atoms with Crippen LogP contribution in [0.2, 0.25) is 0 Å². The molecule has 4 nitrogen and oxygen atoms in total. The number of hydrogen-bond acceptors (Lipinski definition) is 4. The number of aromatic nitrogens is 1. The van der Waals surface area contributed by atoms with Crippen molar-refractivity contribution in [2.75, 3.05) is 19.8 Å². The Bertz CT molecular complexity index is 562. The van der Waals surface area contributed by atoms with E-state index in [0.29, 0.717) is 13.2 Å². The minimum Gasteiger partial charge on any atom is -0.350 e. The van der Waals surface area contributed by atoms with E-state index in [9.17, 15) is 0 Å². The van der Waals surface area contributed by atoms with Crippen LogP contribution in [0.5, 0.6) is 0 Å². The Morgan fingerprint density at radius 1 is 1.30 bits per heavy atom. The van der Waals surface area contributed by atoms with E-state index in [4.69, 9.17) is 9.47 Å². The molecule has 4 heteroatoms. The van der Waals surface area contributed by atoms with Gasteiger partial charge in [0.15, 0.2) is 6.29 Å². The molecule has 2 heterocycles. The molecule has 1 fully saturated rings. The van der Waals surface area contributed by atoms with Gasteiger partial charge in [0.05, 0.1) is 13.2 Å². The van der Waals surface area contributed by atoms with Crippen LogP contribution in [0.15, 0.2) is 36.7 Å². The van der Waals surface area contributed by atoms with Crippen molar-refractivity contribution in [1.29, 1.82) is 0 Å². The number of rotatable bonds is 5. The number of nitrogens with one attached hydrogen (secondary N) is 1. The summed E-state index contributed by atoms with van der Waals surface area (Å²) in [4.78, 5) is 4.26. The summed E-state index contributed by atoms with van der Waals surface area (Å²) in [6.45, 7) is 4.42. The highest BCUT2D eigenvalue weighted by Gasteiger charge is 2.23. The predicted octanol–water partition coefficient (Wildman–Crippen LogP) is 2.65. The minimum absolute atomic E-state index is 0.106. The van der Waals surface area contributed by atoms with Gasteiger partial charge in [-0.2, -0.15) is 0 Å². The van der Waals surface area contributed by atoms with E-state index in [1.54, 1.807) is 0 Å². The van der Waals surface area contributed by atoms with Crippen LogP contribution in [0.1, 0.15) is 24.9 Å². The fourth-order valence-corrected chi connectivity index (χ4v) is 2.74. The van der Waals surface area contributed by atoms with Gasteiger partial charge in [-0.05, 0) is 23.6 Å². The monoisotopic (exact) mass is 272 g/mol. The van der Waals surface area contributed by atoms with E-state index in [0.717, 1.165) is 13.0 Å². The van der Waals surface area contributed by atoms with Crippen LogP contribution in [0.25, 0.3) is 10.8 Å². The number of fused-ring (bicyclic) bond motifs is 1. The summed E-state index contributed by atoms with van der Waals surface area (Å²) >= 11 is 0. The minimum atomic E-state index is -0.106. The van der Waals surface area contributed by atoms with Gasteiger partial charge in [-0.1, -0.05) is 25.1 Å². The molecule has 0 bridgehead atoms. The lowest BCUT2D eigenvalue weighted by molar-refractivity contribution is -0.0528. The van der Waals surface area contributed by atoms with Crippen molar-refractivity contribution in [2.24, 2.45) is 0 Å². The maximum atomic E-state index is 5.59. The summed E-state index contributed by atoms with van der Waals surface area (Å²) in [6, 6.07) is 8.64. The molecule has 2 aromatic rings. The first-order chi connectivity index (χ1) is 9.88. The summed E-state index contributed by atoms with van der Waals surface area (Å²) in [5.41, 5.74) is 1.26. The second-order valence-corrected chi connectivity index (χ2v) is 4.96. The first kappa shape index (κ1) is 13.5. The molecular weight excluding hydrogens is 252 g/mol. The Labute approximate surface area is 119 Å². The molecule has 0 aliphatic carbocycles. The molecule has 1 atom stereocenters. The van der Waals surface area contributed by atoms with Gasteiger partial charge in [0.2, 0.25) is 0 Å². The van der Waals surface area contributed by atoms with Crippen molar-refractivity contribution in [3.05, 3.63) is 42.2 Å². The summed E-state index contributed by atoms with van der Waals surface area (Å²) in [7, 11) is 0. The Morgan fingerprint density at radius 2 is 2.15 bits per heavy atom. The molecule has 1 aliphatic heterocycles.